The molecule has 2 rings (SSSR count). The molecule has 0 amide bonds. The Hall–Kier alpha value is -1.53. The summed E-state index contributed by atoms with van der Waals surface area (Å²) in [6.45, 7) is 0. The summed E-state index contributed by atoms with van der Waals surface area (Å²) >= 11 is 5.92. The summed E-state index contributed by atoms with van der Waals surface area (Å²) in [6, 6.07) is 4.68. The molecule has 0 saturated heterocycles. The van der Waals surface area contributed by atoms with E-state index in [4.69, 9.17) is 17.3 Å². The van der Waals surface area contributed by atoms with Crippen molar-refractivity contribution in [1.82, 2.24) is 9.78 Å². The van der Waals surface area contributed by atoms with E-state index in [0.717, 1.165) is 5.56 Å². The molecule has 0 aliphatic heterocycles. The molecule has 1 heterocycles. The molecule has 0 spiro atoms. The van der Waals surface area contributed by atoms with Crippen LogP contribution in [0.5, 0.6) is 0 Å². The number of aryl methyl sites for hydroxylation is 2. The fourth-order valence-corrected chi connectivity index (χ4v) is 3.84. The van der Waals surface area contributed by atoms with Crippen molar-refractivity contribution in [3.63, 3.8) is 0 Å². The van der Waals surface area contributed by atoms with Crippen LogP contribution in [-0.2, 0) is 23.3 Å². The second-order valence-electron chi connectivity index (χ2n) is 4.25. The number of hydrogen-bond donors (Lipinski definition) is 1. The number of nitrogen functional groups attached to an aromatic ring is 1. The third-order valence-electron chi connectivity index (χ3n) is 2.73. The molecule has 2 N–H and O–H groups in total. The number of nitrogens with zero attached hydrogens (tertiary/aromatic N) is 2. The van der Waals surface area contributed by atoms with Crippen molar-refractivity contribution in [2.75, 3.05) is 11.5 Å². The van der Waals surface area contributed by atoms with Crippen molar-refractivity contribution in [2.45, 2.75) is 11.3 Å². The van der Waals surface area contributed by atoms with Crippen LogP contribution in [0.4, 0.5) is 5.69 Å². The molecule has 1 aromatic heterocycles. The van der Waals surface area contributed by atoms with E-state index in [1.807, 2.05) is 0 Å². The molecule has 0 aliphatic rings. The number of sulfone groups is 1. The van der Waals surface area contributed by atoms with Crippen LogP contribution in [0.2, 0.25) is 5.02 Å². The van der Waals surface area contributed by atoms with Crippen LogP contribution in [0, 0.1) is 0 Å². The Labute approximate surface area is 116 Å². The monoisotopic (exact) mass is 299 g/mol. The normalized spacial score (nSPS) is 11.7. The second kappa shape index (κ2) is 5.22. The average molecular weight is 300 g/mol. The van der Waals surface area contributed by atoms with Crippen LogP contribution in [0.1, 0.15) is 5.56 Å². The molecule has 2 aromatic rings. The van der Waals surface area contributed by atoms with Crippen molar-refractivity contribution in [3.8, 4) is 0 Å². The number of benzene rings is 1. The van der Waals surface area contributed by atoms with Gasteiger partial charge in [-0.15, -0.1) is 0 Å². The van der Waals surface area contributed by atoms with Crippen molar-refractivity contribution in [1.29, 1.82) is 0 Å². The molecule has 1 aromatic carbocycles. The second-order valence-corrected chi connectivity index (χ2v) is 6.70. The topological polar surface area (TPSA) is 78.0 Å². The Kier molecular flexibility index (Phi) is 3.82. The third kappa shape index (κ3) is 3.08. The zero-order valence-electron chi connectivity index (χ0n) is 10.4. The van der Waals surface area contributed by atoms with Crippen LogP contribution in [0.25, 0.3) is 0 Å². The lowest BCUT2D eigenvalue weighted by atomic mass is 10.3. The Bertz CT molecular complexity index is 675. The Morgan fingerprint density at radius 2 is 2.16 bits per heavy atom. The van der Waals surface area contributed by atoms with E-state index in [1.54, 1.807) is 30.2 Å². The Balaban J connectivity index is 2.23. The molecule has 0 aliphatic carbocycles. The van der Waals surface area contributed by atoms with Crippen LogP contribution >= 0.6 is 11.6 Å². The highest BCUT2D eigenvalue weighted by Crippen LogP contribution is 2.28. The summed E-state index contributed by atoms with van der Waals surface area (Å²) in [5.74, 6) is -0.0490. The Morgan fingerprint density at radius 3 is 2.74 bits per heavy atom. The van der Waals surface area contributed by atoms with E-state index in [9.17, 15) is 8.42 Å². The third-order valence-corrected chi connectivity index (χ3v) is 4.97. The van der Waals surface area contributed by atoms with Gasteiger partial charge >= 0.3 is 0 Å². The van der Waals surface area contributed by atoms with Gasteiger partial charge in [0.05, 0.1) is 22.7 Å². The highest BCUT2D eigenvalue weighted by Gasteiger charge is 2.21. The predicted octanol–water partition coefficient (Wildman–Crippen LogP) is 1.67. The first kappa shape index (κ1) is 13.9. The minimum Gasteiger partial charge on any atom is -0.398 e. The van der Waals surface area contributed by atoms with Crippen LogP contribution < -0.4 is 5.73 Å². The highest BCUT2D eigenvalue weighted by molar-refractivity contribution is 7.91. The smallest absolute Gasteiger partial charge is 0.182 e. The number of nitrogens with two attached hydrogens (primary N) is 1. The summed E-state index contributed by atoms with van der Waals surface area (Å²) in [5, 5.41) is 4.15. The molecule has 7 heteroatoms. The number of anilines is 1. The van der Waals surface area contributed by atoms with Gasteiger partial charge in [0, 0.05) is 13.2 Å². The predicted molar refractivity (Wildman–Crippen MR) is 74.8 cm³/mol. The van der Waals surface area contributed by atoms with Crippen LogP contribution in [-0.4, -0.2) is 24.0 Å². The van der Waals surface area contributed by atoms with Crippen molar-refractivity contribution in [3.05, 3.63) is 41.2 Å². The minimum absolute atomic E-state index is 0.0144. The van der Waals surface area contributed by atoms with Crippen molar-refractivity contribution >= 4 is 27.1 Å². The molecule has 0 bridgehead atoms. The van der Waals surface area contributed by atoms with E-state index in [0.29, 0.717) is 6.42 Å². The fraction of sp³-hybridized carbons (Fsp3) is 0.250. The van der Waals surface area contributed by atoms with E-state index < -0.39 is 9.84 Å². The molecule has 19 heavy (non-hydrogen) atoms. The molecule has 0 radical (unpaired) electrons. The average Bonchev–Trinajstić information content (AvgIpc) is 2.72. The molecular weight excluding hydrogens is 286 g/mol. The summed E-state index contributed by atoms with van der Waals surface area (Å²) < 4.78 is 26.2. The number of hydrogen-bond acceptors (Lipinski definition) is 4. The van der Waals surface area contributed by atoms with Gasteiger partial charge in [-0.3, -0.25) is 4.68 Å². The minimum atomic E-state index is -3.50. The van der Waals surface area contributed by atoms with Gasteiger partial charge in [-0.1, -0.05) is 17.7 Å². The van der Waals surface area contributed by atoms with Gasteiger partial charge in [0.15, 0.2) is 9.84 Å². The first-order chi connectivity index (χ1) is 8.90. The first-order valence-electron chi connectivity index (χ1n) is 5.64. The highest BCUT2D eigenvalue weighted by atomic mass is 35.5. The Morgan fingerprint density at radius 1 is 1.42 bits per heavy atom. The van der Waals surface area contributed by atoms with Gasteiger partial charge in [0.1, 0.15) is 4.90 Å². The van der Waals surface area contributed by atoms with Crippen LogP contribution in [0.15, 0.2) is 35.5 Å². The zero-order valence-corrected chi connectivity index (χ0v) is 11.9. The van der Waals surface area contributed by atoms with Gasteiger partial charge in [-0.05, 0) is 24.1 Å². The molecular formula is C12H14ClN3O2S. The summed E-state index contributed by atoms with van der Waals surface area (Å²) in [4.78, 5) is 0.0144. The summed E-state index contributed by atoms with van der Waals surface area (Å²) in [6.07, 6.45) is 3.80. The lowest BCUT2D eigenvalue weighted by Crippen LogP contribution is -2.12. The maximum Gasteiger partial charge on any atom is 0.182 e. The molecule has 0 saturated carbocycles. The van der Waals surface area contributed by atoms with Gasteiger partial charge in [0.2, 0.25) is 0 Å². The number of aromatic nitrogens is 2. The van der Waals surface area contributed by atoms with Crippen molar-refractivity contribution in [2.24, 2.45) is 7.05 Å². The number of halogens is 1. The van der Waals surface area contributed by atoms with Crippen LogP contribution in [0.3, 0.4) is 0 Å². The number of rotatable bonds is 4. The quantitative estimate of drug-likeness (QED) is 0.871. The maximum absolute atomic E-state index is 12.3. The molecule has 0 unspecified atom stereocenters. The van der Waals surface area contributed by atoms with Gasteiger partial charge < -0.3 is 5.73 Å². The fourth-order valence-electron chi connectivity index (χ4n) is 1.81. The first-order valence-corrected chi connectivity index (χ1v) is 7.67. The molecule has 5 nitrogen and oxygen atoms in total. The van der Waals surface area contributed by atoms with E-state index in [1.165, 1.54) is 12.1 Å². The van der Waals surface area contributed by atoms with Gasteiger partial charge in [-0.2, -0.15) is 5.10 Å². The van der Waals surface area contributed by atoms with Gasteiger partial charge in [0.25, 0.3) is 0 Å². The molecule has 0 fully saturated rings. The lowest BCUT2D eigenvalue weighted by molar-refractivity contribution is 0.595. The lowest BCUT2D eigenvalue weighted by Gasteiger charge is -2.08. The SMILES string of the molecule is Cn1cc(CCS(=O)(=O)c2c(N)cccc2Cl)cn1. The maximum atomic E-state index is 12.3. The van der Waals surface area contributed by atoms with E-state index in [-0.39, 0.29) is 21.4 Å². The standard InChI is InChI=1S/C12H14ClN3O2S/c1-16-8-9(7-15-16)5-6-19(17,18)12-10(13)3-2-4-11(12)14/h2-4,7-8H,5-6,14H2,1H3. The van der Waals surface area contributed by atoms with Gasteiger partial charge in [-0.25, -0.2) is 8.42 Å². The summed E-state index contributed by atoms with van der Waals surface area (Å²) in [5.41, 5.74) is 6.74. The van der Waals surface area contributed by atoms with E-state index >= 15 is 0 Å². The molecule has 0 atom stereocenters. The van der Waals surface area contributed by atoms with Crippen molar-refractivity contribution < 1.29 is 8.42 Å². The zero-order chi connectivity index (χ0) is 14.0. The molecule has 102 valence electrons. The largest absolute Gasteiger partial charge is 0.398 e. The summed E-state index contributed by atoms with van der Waals surface area (Å²) in [7, 11) is -1.72. The van der Waals surface area contributed by atoms with E-state index in [2.05, 4.69) is 5.10 Å².